The summed E-state index contributed by atoms with van der Waals surface area (Å²) in [5.41, 5.74) is 10.5. The standard InChI is InChI=1S/C17H18N2O/c1-11-14-10-13(8-9-15(14)19(2)17(11)20)16(18)12-6-4-3-5-7-12/h3-11,16H,18H2,1-2H3. The van der Waals surface area contributed by atoms with Crippen molar-refractivity contribution in [3.8, 4) is 0 Å². The van der Waals surface area contributed by atoms with Crippen LogP contribution in [-0.4, -0.2) is 13.0 Å². The van der Waals surface area contributed by atoms with Gasteiger partial charge in [-0.25, -0.2) is 0 Å². The minimum absolute atomic E-state index is 0.0853. The van der Waals surface area contributed by atoms with E-state index >= 15 is 0 Å². The summed E-state index contributed by atoms with van der Waals surface area (Å²) in [4.78, 5) is 13.7. The van der Waals surface area contributed by atoms with Gasteiger partial charge in [-0.15, -0.1) is 0 Å². The minimum Gasteiger partial charge on any atom is -0.320 e. The molecule has 102 valence electrons. The van der Waals surface area contributed by atoms with Crippen LogP contribution in [0.25, 0.3) is 0 Å². The van der Waals surface area contributed by atoms with Gasteiger partial charge in [-0.2, -0.15) is 0 Å². The summed E-state index contributed by atoms with van der Waals surface area (Å²) in [7, 11) is 1.82. The Bertz CT molecular complexity index is 651. The van der Waals surface area contributed by atoms with Gasteiger partial charge in [0.1, 0.15) is 0 Å². The van der Waals surface area contributed by atoms with Gasteiger partial charge in [0.05, 0.1) is 12.0 Å². The van der Waals surface area contributed by atoms with Gasteiger partial charge in [-0.1, -0.05) is 42.5 Å². The number of nitrogens with two attached hydrogens (primary N) is 1. The van der Waals surface area contributed by atoms with Gasteiger partial charge in [0.15, 0.2) is 0 Å². The van der Waals surface area contributed by atoms with Crippen LogP contribution >= 0.6 is 0 Å². The first-order valence-corrected chi connectivity index (χ1v) is 6.81. The summed E-state index contributed by atoms with van der Waals surface area (Å²) in [5, 5.41) is 0. The fraction of sp³-hybridized carbons (Fsp3) is 0.235. The molecule has 2 atom stereocenters. The fourth-order valence-electron chi connectivity index (χ4n) is 2.81. The molecule has 2 N–H and O–H groups in total. The number of rotatable bonds is 2. The summed E-state index contributed by atoms with van der Waals surface area (Å²) in [6.45, 7) is 1.95. The Morgan fingerprint density at radius 1 is 1.10 bits per heavy atom. The third-order valence-corrected chi connectivity index (χ3v) is 4.10. The second-order valence-corrected chi connectivity index (χ2v) is 5.33. The number of carbonyl (C=O) groups is 1. The highest BCUT2D eigenvalue weighted by Gasteiger charge is 2.32. The Labute approximate surface area is 119 Å². The summed E-state index contributed by atoms with van der Waals surface area (Å²) >= 11 is 0. The molecule has 2 aromatic carbocycles. The molecule has 2 aromatic rings. The van der Waals surface area contributed by atoms with E-state index in [1.165, 1.54) is 0 Å². The predicted molar refractivity (Wildman–Crippen MR) is 80.7 cm³/mol. The van der Waals surface area contributed by atoms with Crippen LogP contribution in [0, 0.1) is 0 Å². The molecule has 3 nitrogen and oxygen atoms in total. The molecular formula is C17H18N2O. The Morgan fingerprint density at radius 2 is 1.80 bits per heavy atom. The van der Waals surface area contributed by atoms with Crippen molar-refractivity contribution < 1.29 is 4.79 Å². The van der Waals surface area contributed by atoms with Gasteiger partial charge in [-0.05, 0) is 29.7 Å². The first kappa shape index (κ1) is 12.9. The molecule has 0 saturated heterocycles. The van der Waals surface area contributed by atoms with E-state index < -0.39 is 0 Å². The second kappa shape index (κ2) is 4.76. The van der Waals surface area contributed by atoms with Crippen LogP contribution in [0.3, 0.4) is 0 Å². The molecule has 1 heterocycles. The number of carbonyl (C=O) groups excluding carboxylic acids is 1. The van der Waals surface area contributed by atoms with Crippen LogP contribution in [0.15, 0.2) is 48.5 Å². The fourth-order valence-corrected chi connectivity index (χ4v) is 2.81. The molecule has 0 aromatic heterocycles. The van der Waals surface area contributed by atoms with E-state index in [2.05, 4.69) is 6.07 Å². The van der Waals surface area contributed by atoms with Crippen LogP contribution in [-0.2, 0) is 4.79 Å². The lowest BCUT2D eigenvalue weighted by atomic mass is 9.94. The van der Waals surface area contributed by atoms with Crippen LogP contribution < -0.4 is 10.6 Å². The molecule has 0 spiro atoms. The molecular weight excluding hydrogens is 248 g/mol. The zero-order valence-electron chi connectivity index (χ0n) is 11.7. The molecule has 0 aliphatic carbocycles. The number of amides is 1. The van der Waals surface area contributed by atoms with Crippen molar-refractivity contribution >= 4 is 11.6 Å². The van der Waals surface area contributed by atoms with E-state index in [-0.39, 0.29) is 17.9 Å². The van der Waals surface area contributed by atoms with Crippen LogP contribution in [0.4, 0.5) is 5.69 Å². The number of anilines is 1. The van der Waals surface area contributed by atoms with E-state index in [0.29, 0.717) is 0 Å². The summed E-state index contributed by atoms with van der Waals surface area (Å²) in [5.74, 6) is 0.0587. The number of likely N-dealkylation sites (N-methyl/N-ethyl adjacent to an activating group) is 1. The Morgan fingerprint density at radius 3 is 2.50 bits per heavy atom. The minimum atomic E-state index is -0.158. The Hall–Kier alpha value is -2.13. The number of fused-ring (bicyclic) bond motifs is 1. The molecule has 0 saturated carbocycles. The topological polar surface area (TPSA) is 46.3 Å². The zero-order valence-corrected chi connectivity index (χ0v) is 11.7. The van der Waals surface area contributed by atoms with E-state index in [0.717, 1.165) is 22.4 Å². The highest BCUT2D eigenvalue weighted by atomic mass is 16.2. The molecule has 2 unspecified atom stereocenters. The molecule has 20 heavy (non-hydrogen) atoms. The second-order valence-electron chi connectivity index (χ2n) is 5.33. The lowest BCUT2D eigenvalue weighted by Gasteiger charge is -2.15. The van der Waals surface area contributed by atoms with Gasteiger partial charge >= 0.3 is 0 Å². The molecule has 0 radical (unpaired) electrons. The third kappa shape index (κ3) is 1.91. The van der Waals surface area contributed by atoms with Crippen molar-refractivity contribution in [1.29, 1.82) is 0 Å². The van der Waals surface area contributed by atoms with Gasteiger partial charge in [-0.3, -0.25) is 4.79 Å². The zero-order chi connectivity index (χ0) is 14.3. The van der Waals surface area contributed by atoms with Crippen LogP contribution in [0.1, 0.15) is 35.6 Å². The predicted octanol–water partition coefficient (Wildman–Crippen LogP) is 2.81. The quantitative estimate of drug-likeness (QED) is 0.908. The van der Waals surface area contributed by atoms with Gasteiger partial charge in [0.2, 0.25) is 5.91 Å². The van der Waals surface area contributed by atoms with Crippen LogP contribution in [0.2, 0.25) is 0 Å². The van der Waals surface area contributed by atoms with E-state index in [4.69, 9.17) is 5.73 Å². The Kier molecular flexibility index (Phi) is 3.07. The van der Waals surface area contributed by atoms with Crippen LogP contribution in [0.5, 0.6) is 0 Å². The summed E-state index contributed by atoms with van der Waals surface area (Å²) in [6.07, 6.45) is 0. The first-order chi connectivity index (χ1) is 9.59. The number of hydrogen-bond acceptors (Lipinski definition) is 2. The molecule has 1 amide bonds. The largest absolute Gasteiger partial charge is 0.320 e. The SMILES string of the molecule is CC1C(=O)N(C)c2ccc(C(N)c3ccccc3)cc21. The highest BCUT2D eigenvalue weighted by molar-refractivity contribution is 6.04. The van der Waals surface area contributed by atoms with Gasteiger partial charge in [0.25, 0.3) is 0 Å². The molecule has 1 aliphatic rings. The average Bonchev–Trinajstić information content (AvgIpc) is 2.72. The van der Waals surface area contributed by atoms with E-state index in [9.17, 15) is 4.79 Å². The monoisotopic (exact) mass is 266 g/mol. The van der Waals surface area contributed by atoms with E-state index in [1.807, 2.05) is 56.4 Å². The maximum Gasteiger partial charge on any atom is 0.234 e. The normalized spacial score (nSPS) is 19.1. The Balaban J connectivity index is 2.00. The van der Waals surface area contributed by atoms with Crippen molar-refractivity contribution in [2.24, 2.45) is 5.73 Å². The maximum absolute atomic E-state index is 12.0. The van der Waals surface area contributed by atoms with Crippen molar-refractivity contribution in [1.82, 2.24) is 0 Å². The smallest absolute Gasteiger partial charge is 0.234 e. The third-order valence-electron chi connectivity index (χ3n) is 4.10. The van der Waals surface area contributed by atoms with Gasteiger partial charge < -0.3 is 10.6 Å². The van der Waals surface area contributed by atoms with Crippen molar-refractivity contribution in [2.75, 3.05) is 11.9 Å². The molecule has 3 rings (SSSR count). The number of hydrogen-bond donors (Lipinski definition) is 1. The lowest BCUT2D eigenvalue weighted by Crippen LogP contribution is -2.22. The van der Waals surface area contributed by atoms with Crippen molar-refractivity contribution in [2.45, 2.75) is 18.9 Å². The summed E-state index contributed by atoms with van der Waals surface area (Å²) < 4.78 is 0. The summed E-state index contributed by atoms with van der Waals surface area (Å²) in [6, 6.07) is 15.9. The van der Waals surface area contributed by atoms with Crippen molar-refractivity contribution in [3.63, 3.8) is 0 Å². The molecule has 3 heteroatoms. The molecule has 1 aliphatic heterocycles. The van der Waals surface area contributed by atoms with Crippen molar-refractivity contribution in [3.05, 3.63) is 65.2 Å². The first-order valence-electron chi connectivity index (χ1n) is 6.81. The van der Waals surface area contributed by atoms with Gasteiger partial charge in [0, 0.05) is 12.7 Å². The molecule has 0 fully saturated rings. The number of benzene rings is 2. The molecule has 0 bridgehead atoms. The number of nitrogens with zero attached hydrogens (tertiary/aromatic N) is 1. The highest BCUT2D eigenvalue weighted by Crippen LogP contribution is 2.37. The van der Waals surface area contributed by atoms with E-state index in [1.54, 1.807) is 4.90 Å². The lowest BCUT2D eigenvalue weighted by molar-refractivity contribution is -0.118. The average molecular weight is 266 g/mol. The maximum atomic E-state index is 12.0.